The molecule has 6 nitrogen and oxygen atoms in total. The number of para-hydroxylation sites is 1. The van der Waals surface area contributed by atoms with Crippen molar-refractivity contribution in [2.75, 3.05) is 25.6 Å². The fourth-order valence-corrected chi connectivity index (χ4v) is 4.47. The van der Waals surface area contributed by atoms with Gasteiger partial charge in [-0.15, -0.1) is 0 Å². The number of ketones is 1. The maximum absolute atomic E-state index is 13.1. The number of rotatable bonds is 14. The lowest BCUT2D eigenvalue weighted by molar-refractivity contribution is -0.141. The van der Waals surface area contributed by atoms with E-state index < -0.39 is 12.0 Å². The highest BCUT2D eigenvalue weighted by molar-refractivity contribution is 6.12. The van der Waals surface area contributed by atoms with Gasteiger partial charge in [-0.1, -0.05) is 84.4 Å². The van der Waals surface area contributed by atoms with Gasteiger partial charge in [-0.05, 0) is 55.3 Å². The smallest absolute Gasteiger partial charge is 0.328 e. The van der Waals surface area contributed by atoms with E-state index in [4.69, 9.17) is 9.47 Å². The molecule has 0 aromatic heterocycles. The molecule has 1 unspecified atom stereocenters. The fourth-order valence-electron chi connectivity index (χ4n) is 4.47. The molecule has 4 rings (SSSR count). The van der Waals surface area contributed by atoms with E-state index in [1.54, 1.807) is 24.3 Å². The molecule has 0 amide bonds. The van der Waals surface area contributed by atoms with Crippen molar-refractivity contribution in [2.45, 2.75) is 32.4 Å². The summed E-state index contributed by atoms with van der Waals surface area (Å²) in [5, 5.41) is 6.70. The molecular weight excluding hydrogens is 500 g/mol. The number of aryl methyl sites for hydroxylation is 1. The molecule has 206 valence electrons. The molecule has 6 heteroatoms. The molecule has 40 heavy (non-hydrogen) atoms. The third-order valence-corrected chi connectivity index (χ3v) is 6.56. The van der Waals surface area contributed by atoms with Gasteiger partial charge in [0.25, 0.3) is 0 Å². The van der Waals surface area contributed by atoms with E-state index in [1.807, 2.05) is 54.6 Å². The van der Waals surface area contributed by atoms with Gasteiger partial charge in [0.2, 0.25) is 0 Å². The Labute approximate surface area is 236 Å². The third-order valence-electron chi connectivity index (χ3n) is 6.56. The van der Waals surface area contributed by atoms with Gasteiger partial charge in [-0.25, -0.2) is 4.79 Å². The summed E-state index contributed by atoms with van der Waals surface area (Å²) in [6, 6.07) is 31.9. The number of ether oxygens (including phenoxy) is 2. The number of methoxy groups -OCH3 is 1. The Bertz CT molecular complexity index is 1390. The van der Waals surface area contributed by atoms with Crippen molar-refractivity contribution < 1.29 is 19.1 Å². The molecule has 4 aromatic carbocycles. The van der Waals surface area contributed by atoms with Crippen LogP contribution in [-0.4, -0.2) is 38.1 Å². The van der Waals surface area contributed by atoms with Gasteiger partial charge in [0, 0.05) is 29.8 Å². The quantitative estimate of drug-likeness (QED) is 0.117. The van der Waals surface area contributed by atoms with Crippen molar-refractivity contribution in [3.8, 4) is 5.75 Å². The standard InChI is InChI=1S/C34H36N2O4/c1-25-10-8-11-27(22-25)24-35-20-9-21-40-29-18-16-26(17-19-29)23-32(34(38)39-2)36-31-15-7-6-14-30(31)33(37)28-12-4-3-5-13-28/h3-8,10-19,22,32,35-36H,9,20-21,23-24H2,1-2H3. The van der Waals surface area contributed by atoms with Gasteiger partial charge in [0.15, 0.2) is 5.78 Å². The Morgan fingerprint density at radius 3 is 2.33 bits per heavy atom. The topological polar surface area (TPSA) is 76.7 Å². The van der Waals surface area contributed by atoms with Crippen LogP contribution in [0.15, 0.2) is 103 Å². The van der Waals surface area contributed by atoms with Crippen LogP contribution in [0.25, 0.3) is 0 Å². The Balaban J connectivity index is 1.30. The van der Waals surface area contributed by atoms with Crippen LogP contribution in [0.2, 0.25) is 0 Å². The number of benzene rings is 4. The van der Waals surface area contributed by atoms with Crippen molar-refractivity contribution >= 4 is 17.4 Å². The number of hydrogen-bond donors (Lipinski definition) is 2. The second-order valence-electron chi connectivity index (χ2n) is 9.68. The Morgan fingerprint density at radius 2 is 1.57 bits per heavy atom. The summed E-state index contributed by atoms with van der Waals surface area (Å²) >= 11 is 0. The second-order valence-corrected chi connectivity index (χ2v) is 9.68. The number of hydrogen-bond acceptors (Lipinski definition) is 6. The van der Waals surface area contributed by atoms with Crippen LogP contribution in [0.5, 0.6) is 5.75 Å². The van der Waals surface area contributed by atoms with Crippen molar-refractivity contribution in [1.82, 2.24) is 5.32 Å². The Kier molecular flexibility index (Phi) is 10.5. The van der Waals surface area contributed by atoms with Crippen molar-refractivity contribution in [3.05, 3.63) is 131 Å². The predicted molar refractivity (Wildman–Crippen MR) is 159 cm³/mol. The zero-order chi connectivity index (χ0) is 28.2. The highest BCUT2D eigenvalue weighted by Crippen LogP contribution is 2.22. The lowest BCUT2D eigenvalue weighted by Crippen LogP contribution is -2.33. The van der Waals surface area contributed by atoms with Crippen LogP contribution < -0.4 is 15.4 Å². The molecule has 0 saturated heterocycles. The molecule has 0 radical (unpaired) electrons. The summed E-state index contributed by atoms with van der Waals surface area (Å²) in [7, 11) is 1.37. The lowest BCUT2D eigenvalue weighted by Gasteiger charge is -2.20. The Morgan fingerprint density at radius 1 is 0.825 bits per heavy atom. The van der Waals surface area contributed by atoms with Crippen molar-refractivity contribution in [2.24, 2.45) is 0 Å². The largest absolute Gasteiger partial charge is 0.494 e. The maximum Gasteiger partial charge on any atom is 0.328 e. The number of anilines is 1. The number of esters is 1. The molecule has 4 aromatic rings. The molecule has 2 N–H and O–H groups in total. The first-order valence-electron chi connectivity index (χ1n) is 13.5. The van der Waals surface area contributed by atoms with Crippen LogP contribution in [0, 0.1) is 6.92 Å². The monoisotopic (exact) mass is 536 g/mol. The molecule has 0 aliphatic heterocycles. The minimum Gasteiger partial charge on any atom is -0.494 e. The zero-order valence-electron chi connectivity index (χ0n) is 23.1. The first kappa shape index (κ1) is 28.6. The average molecular weight is 537 g/mol. The highest BCUT2D eigenvalue weighted by Gasteiger charge is 2.22. The van der Waals surface area contributed by atoms with Crippen LogP contribution in [0.1, 0.15) is 39.0 Å². The van der Waals surface area contributed by atoms with Crippen LogP contribution >= 0.6 is 0 Å². The molecule has 1 atom stereocenters. The van der Waals surface area contributed by atoms with Crippen LogP contribution in [-0.2, 0) is 22.5 Å². The fraction of sp³-hybridized carbons (Fsp3) is 0.235. The molecular formula is C34H36N2O4. The summed E-state index contributed by atoms with van der Waals surface area (Å²) in [5.41, 5.74) is 5.17. The zero-order valence-corrected chi connectivity index (χ0v) is 23.1. The summed E-state index contributed by atoms with van der Waals surface area (Å²) in [6.07, 6.45) is 1.28. The third kappa shape index (κ3) is 8.29. The predicted octanol–water partition coefficient (Wildman–Crippen LogP) is 5.98. The minimum absolute atomic E-state index is 0.112. The van der Waals surface area contributed by atoms with Crippen LogP contribution in [0.4, 0.5) is 5.69 Å². The first-order valence-corrected chi connectivity index (χ1v) is 13.5. The SMILES string of the molecule is COC(=O)C(Cc1ccc(OCCCNCc2cccc(C)c2)cc1)Nc1ccccc1C(=O)c1ccccc1. The Hall–Kier alpha value is -4.42. The van der Waals surface area contributed by atoms with E-state index in [0.717, 1.165) is 30.8 Å². The highest BCUT2D eigenvalue weighted by atomic mass is 16.5. The molecule has 0 bridgehead atoms. The van der Waals surface area contributed by atoms with Crippen molar-refractivity contribution in [1.29, 1.82) is 0 Å². The van der Waals surface area contributed by atoms with Gasteiger partial charge in [-0.3, -0.25) is 4.79 Å². The van der Waals surface area contributed by atoms with E-state index in [9.17, 15) is 9.59 Å². The molecule has 0 aliphatic carbocycles. The number of carbonyl (C=O) groups excluding carboxylic acids is 2. The van der Waals surface area contributed by atoms with Crippen molar-refractivity contribution in [3.63, 3.8) is 0 Å². The molecule has 0 heterocycles. The molecule has 0 spiro atoms. The van der Waals surface area contributed by atoms with Gasteiger partial charge >= 0.3 is 5.97 Å². The number of carbonyl (C=O) groups is 2. The molecule has 0 fully saturated rings. The lowest BCUT2D eigenvalue weighted by atomic mass is 10.00. The van der Waals surface area contributed by atoms with E-state index in [0.29, 0.717) is 29.8 Å². The minimum atomic E-state index is -0.666. The summed E-state index contributed by atoms with van der Waals surface area (Å²) < 4.78 is 11.0. The average Bonchev–Trinajstić information content (AvgIpc) is 2.99. The van der Waals surface area contributed by atoms with E-state index in [2.05, 4.69) is 41.8 Å². The van der Waals surface area contributed by atoms with Gasteiger partial charge in [0.1, 0.15) is 11.8 Å². The van der Waals surface area contributed by atoms with Gasteiger partial charge in [-0.2, -0.15) is 0 Å². The summed E-state index contributed by atoms with van der Waals surface area (Å²) in [6.45, 7) is 4.42. The van der Waals surface area contributed by atoms with E-state index >= 15 is 0 Å². The normalized spacial score (nSPS) is 11.4. The van der Waals surface area contributed by atoms with Crippen LogP contribution in [0.3, 0.4) is 0 Å². The summed E-state index contributed by atoms with van der Waals surface area (Å²) in [4.78, 5) is 25.8. The van der Waals surface area contributed by atoms with Gasteiger partial charge in [0.05, 0.1) is 13.7 Å². The first-order chi connectivity index (χ1) is 19.5. The molecule has 0 saturated carbocycles. The number of nitrogens with one attached hydrogen (secondary N) is 2. The van der Waals surface area contributed by atoms with E-state index in [1.165, 1.54) is 18.2 Å². The second kappa shape index (κ2) is 14.7. The molecule has 0 aliphatic rings. The van der Waals surface area contributed by atoms with E-state index in [-0.39, 0.29) is 5.78 Å². The maximum atomic E-state index is 13.1. The summed E-state index contributed by atoms with van der Waals surface area (Å²) in [5.74, 6) is 0.267. The van der Waals surface area contributed by atoms with Gasteiger partial charge < -0.3 is 20.1 Å².